The first-order chi connectivity index (χ1) is 15.4. The predicted molar refractivity (Wildman–Crippen MR) is 121 cm³/mol. The third-order valence-corrected chi connectivity index (χ3v) is 4.59. The van der Waals surface area contributed by atoms with E-state index in [2.05, 4.69) is 10.2 Å². The average Bonchev–Trinajstić information content (AvgIpc) is 2.79. The number of ether oxygens (including phenoxy) is 4. The van der Waals surface area contributed by atoms with E-state index in [1.807, 2.05) is 6.92 Å². The number of carbonyl (C=O) groups is 2. The van der Waals surface area contributed by atoms with Crippen LogP contribution in [-0.4, -0.2) is 45.2 Å². The van der Waals surface area contributed by atoms with E-state index in [-0.39, 0.29) is 11.4 Å². The fourth-order valence-electron chi connectivity index (χ4n) is 2.76. The normalized spacial score (nSPS) is 11.7. The minimum Gasteiger partial charge on any atom is -0.494 e. The maximum Gasteiger partial charge on any atom is 0.276 e. The molecule has 1 atom stereocenters. The first-order valence-electron chi connectivity index (χ1n) is 9.89. The number of nitrogens with zero attached hydrogens (tertiary/aromatic N) is 3. The molecule has 10 heteroatoms. The first kappa shape index (κ1) is 24.9. The van der Waals surface area contributed by atoms with E-state index in [0.717, 1.165) is 4.42 Å². The number of methoxy groups -OCH3 is 2. The molecule has 0 radical (unpaired) electrons. The zero-order valence-corrected chi connectivity index (χ0v) is 19.4. The first-order valence-corrected chi connectivity index (χ1v) is 10.2. The third-order valence-electron chi connectivity index (χ3n) is 4.24. The highest BCUT2D eigenvalue weighted by molar-refractivity contribution is 6.39. The van der Waals surface area contributed by atoms with Crippen molar-refractivity contribution in [1.82, 2.24) is 0 Å². The summed E-state index contributed by atoms with van der Waals surface area (Å²) in [6.07, 6.45) is 0. The molecule has 0 bridgehead atoms. The molecular formula is C22H26ClN3O6. The second kappa shape index (κ2) is 11.9. The lowest BCUT2D eigenvalue weighted by molar-refractivity contribution is -0.126. The van der Waals surface area contributed by atoms with Crippen molar-refractivity contribution >= 4 is 34.8 Å². The summed E-state index contributed by atoms with van der Waals surface area (Å²) in [5.41, 5.74) is 0.493. The number of rotatable bonds is 11. The molecule has 0 aliphatic rings. The van der Waals surface area contributed by atoms with E-state index in [4.69, 9.17) is 30.7 Å². The number of hydrogen-bond acceptors (Lipinski definition) is 8. The SMILES string of the molecule is CCOc1ccc(N(Cl)C(=O)C(N=Nc2c(OC)cccc2OC)C(C)=O)c(OCC)c1. The Hall–Kier alpha value is -3.33. The average molecular weight is 464 g/mol. The van der Waals surface area contributed by atoms with Crippen LogP contribution in [0.1, 0.15) is 20.8 Å². The Kier molecular flexibility index (Phi) is 9.27. The van der Waals surface area contributed by atoms with Crippen LogP contribution in [0, 0.1) is 0 Å². The van der Waals surface area contributed by atoms with Crippen molar-refractivity contribution in [2.24, 2.45) is 10.2 Å². The Morgan fingerprint density at radius 1 is 1.00 bits per heavy atom. The maximum atomic E-state index is 13.1. The molecule has 1 unspecified atom stereocenters. The van der Waals surface area contributed by atoms with Crippen molar-refractivity contribution in [3.63, 3.8) is 0 Å². The predicted octanol–water partition coefficient (Wildman–Crippen LogP) is 4.73. The van der Waals surface area contributed by atoms with E-state index >= 15 is 0 Å². The molecule has 0 aliphatic carbocycles. The summed E-state index contributed by atoms with van der Waals surface area (Å²) in [7, 11) is 2.92. The van der Waals surface area contributed by atoms with Gasteiger partial charge in [-0.3, -0.25) is 9.59 Å². The number of carbonyl (C=O) groups excluding carboxylic acids is 2. The number of amides is 1. The highest BCUT2D eigenvalue weighted by Crippen LogP contribution is 2.38. The van der Waals surface area contributed by atoms with E-state index in [0.29, 0.717) is 36.2 Å². The van der Waals surface area contributed by atoms with Crippen LogP contribution >= 0.6 is 11.8 Å². The van der Waals surface area contributed by atoms with Crippen LogP contribution in [0.4, 0.5) is 11.4 Å². The van der Waals surface area contributed by atoms with Crippen molar-refractivity contribution in [3.8, 4) is 23.0 Å². The Bertz CT molecular complexity index is 960. The van der Waals surface area contributed by atoms with Crippen LogP contribution in [0.25, 0.3) is 0 Å². The molecule has 0 heterocycles. The van der Waals surface area contributed by atoms with Crippen molar-refractivity contribution in [2.75, 3.05) is 31.9 Å². The minimum absolute atomic E-state index is 0.244. The molecule has 0 spiro atoms. The Morgan fingerprint density at radius 2 is 1.62 bits per heavy atom. The maximum absolute atomic E-state index is 13.1. The summed E-state index contributed by atoms with van der Waals surface area (Å²) in [5, 5.41) is 8.01. The van der Waals surface area contributed by atoms with Gasteiger partial charge < -0.3 is 18.9 Å². The van der Waals surface area contributed by atoms with E-state index in [1.54, 1.807) is 43.3 Å². The summed E-state index contributed by atoms with van der Waals surface area (Å²) >= 11 is 6.32. The molecular weight excluding hydrogens is 438 g/mol. The second-order valence-electron chi connectivity index (χ2n) is 6.35. The summed E-state index contributed by atoms with van der Waals surface area (Å²) in [6, 6.07) is 8.38. The number of hydrogen-bond donors (Lipinski definition) is 0. The summed E-state index contributed by atoms with van der Waals surface area (Å²) in [4.78, 5) is 25.3. The zero-order chi connectivity index (χ0) is 23.7. The van der Waals surface area contributed by atoms with Gasteiger partial charge in [0.25, 0.3) is 5.91 Å². The highest BCUT2D eigenvalue weighted by Gasteiger charge is 2.30. The van der Waals surface area contributed by atoms with Crippen molar-refractivity contribution in [3.05, 3.63) is 36.4 Å². The molecule has 32 heavy (non-hydrogen) atoms. The van der Waals surface area contributed by atoms with Crippen LogP contribution < -0.4 is 23.4 Å². The number of Topliss-reactive ketones (excluding diaryl/α,β-unsaturated/α-hetero) is 1. The Morgan fingerprint density at radius 3 is 2.16 bits per heavy atom. The molecule has 172 valence electrons. The Labute approximate surface area is 192 Å². The Balaban J connectivity index is 2.39. The van der Waals surface area contributed by atoms with Crippen LogP contribution in [0.15, 0.2) is 46.6 Å². The monoisotopic (exact) mass is 463 g/mol. The fourth-order valence-corrected chi connectivity index (χ4v) is 2.99. The smallest absolute Gasteiger partial charge is 0.276 e. The number of benzene rings is 2. The topological polar surface area (TPSA) is 99.0 Å². The van der Waals surface area contributed by atoms with Crippen LogP contribution in [0.5, 0.6) is 23.0 Å². The van der Waals surface area contributed by atoms with Gasteiger partial charge in [0.15, 0.2) is 11.5 Å². The fraction of sp³-hybridized carbons (Fsp3) is 0.364. The summed E-state index contributed by atoms with van der Waals surface area (Å²) in [5.74, 6) is 0.297. The molecule has 2 aromatic carbocycles. The molecule has 0 aromatic heterocycles. The molecule has 2 aromatic rings. The van der Waals surface area contributed by atoms with Gasteiger partial charge in [-0.15, -0.1) is 5.11 Å². The van der Waals surface area contributed by atoms with E-state index < -0.39 is 17.7 Å². The number of halogens is 1. The van der Waals surface area contributed by atoms with Crippen molar-refractivity contribution in [1.29, 1.82) is 0 Å². The minimum atomic E-state index is -1.48. The van der Waals surface area contributed by atoms with Crippen LogP contribution in [0.3, 0.4) is 0 Å². The van der Waals surface area contributed by atoms with Crippen molar-refractivity contribution in [2.45, 2.75) is 26.8 Å². The van der Waals surface area contributed by atoms with Gasteiger partial charge in [0, 0.05) is 17.8 Å². The van der Waals surface area contributed by atoms with Crippen LogP contribution in [0.2, 0.25) is 0 Å². The standard InChI is InChI=1S/C22H26ClN3O6/c1-6-31-15-11-12-16(19(13-15)32-7-2)26(23)22(28)20(14(3)27)24-25-21-17(29-4)9-8-10-18(21)30-5/h8-13,20H,6-7H2,1-5H3. The molecule has 0 saturated carbocycles. The summed E-state index contributed by atoms with van der Waals surface area (Å²) in [6.45, 7) is 5.68. The second-order valence-corrected chi connectivity index (χ2v) is 6.69. The lowest BCUT2D eigenvalue weighted by atomic mass is 10.2. The van der Waals surface area contributed by atoms with Crippen molar-refractivity contribution < 1.29 is 28.5 Å². The molecule has 0 fully saturated rings. The molecule has 0 aliphatic heterocycles. The van der Waals surface area contributed by atoms with Gasteiger partial charge in [0.2, 0.25) is 6.04 Å². The highest BCUT2D eigenvalue weighted by atomic mass is 35.5. The van der Waals surface area contributed by atoms with Gasteiger partial charge in [-0.25, -0.2) is 4.42 Å². The quantitative estimate of drug-likeness (QED) is 0.271. The van der Waals surface area contributed by atoms with Gasteiger partial charge in [-0.2, -0.15) is 5.11 Å². The van der Waals surface area contributed by atoms with E-state index in [9.17, 15) is 9.59 Å². The number of ketones is 1. The molecule has 1 amide bonds. The van der Waals surface area contributed by atoms with Gasteiger partial charge in [-0.05, 0) is 45.0 Å². The number of anilines is 1. The molecule has 2 rings (SSSR count). The number of azo groups is 1. The van der Waals surface area contributed by atoms with Gasteiger partial charge >= 0.3 is 0 Å². The third kappa shape index (κ3) is 5.88. The largest absolute Gasteiger partial charge is 0.494 e. The molecule has 0 N–H and O–H groups in total. The lowest BCUT2D eigenvalue weighted by Gasteiger charge is -2.20. The summed E-state index contributed by atoms with van der Waals surface area (Å²) < 4.78 is 22.4. The van der Waals surface area contributed by atoms with Gasteiger partial charge in [-0.1, -0.05) is 6.07 Å². The van der Waals surface area contributed by atoms with Crippen LogP contribution in [-0.2, 0) is 9.59 Å². The van der Waals surface area contributed by atoms with E-state index in [1.165, 1.54) is 21.1 Å². The van der Waals surface area contributed by atoms with Gasteiger partial charge in [0.05, 0.1) is 27.4 Å². The zero-order valence-electron chi connectivity index (χ0n) is 18.6. The molecule has 0 saturated heterocycles. The van der Waals surface area contributed by atoms with Gasteiger partial charge in [0.1, 0.15) is 28.7 Å². The molecule has 9 nitrogen and oxygen atoms in total. The lowest BCUT2D eigenvalue weighted by Crippen LogP contribution is -2.36.